The van der Waals surface area contributed by atoms with Crippen LogP contribution in [-0.4, -0.2) is 33.8 Å². The number of fused-ring (bicyclic) bond motifs is 1. The van der Waals surface area contributed by atoms with E-state index in [1.54, 1.807) is 0 Å². The molecule has 2 heterocycles. The smallest absolute Gasteiger partial charge is 0.306 e. The minimum absolute atomic E-state index is 0.251. The summed E-state index contributed by atoms with van der Waals surface area (Å²) < 4.78 is 5.61. The second-order valence-electron chi connectivity index (χ2n) is 5.56. The van der Waals surface area contributed by atoms with Crippen molar-refractivity contribution >= 4 is 5.97 Å². The maximum absolute atomic E-state index is 11.0. The second kappa shape index (κ2) is 5.33. The highest BCUT2D eigenvalue weighted by Crippen LogP contribution is 2.25. The van der Waals surface area contributed by atoms with Gasteiger partial charge in [-0.2, -0.15) is 0 Å². The third kappa shape index (κ3) is 2.81. The first kappa shape index (κ1) is 12.7. The lowest BCUT2D eigenvalue weighted by Gasteiger charge is -2.16. The Morgan fingerprint density at radius 2 is 2.37 bits per heavy atom. The topological polar surface area (TPSA) is 75.2 Å². The Bertz CT molecular complexity index is 463. The number of carboxylic acids is 1. The number of imidazole rings is 1. The van der Waals surface area contributed by atoms with Crippen LogP contribution in [0.1, 0.15) is 42.9 Å². The molecule has 1 aliphatic carbocycles. The lowest BCUT2D eigenvalue weighted by molar-refractivity contribution is -0.142. The number of ether oxygens (including phenoxy) is 1. The van der Waals surface area contributed by atoms with Crippen molar-refractivity contribution in [3.05, 3.63) is 17.2 Å². The van der Waals surface area contributed by atoms with E-state index < -0.39 is 5.97 Å². The van der Waals surface area contributed by atoms with Gasteiger partial charge >= 0.3 is 5.97 Å². The fourth-order valence-electron chi connectivity index (χ4n) is 3.04. The van der Waals surface area contributed by atoms with Crippen molar-refractivity contribution in [2.24, 2.45) is 5.92 Å². The summed E-state index contributed by atoms with van der Waals surface area (Å²) in [5, 5.41) is 9.07. The van der Waals surface area contributed by atoms with Gasteiger partial charge in [0, 0.05) is 25.1 Å². The molecule has 1 aliphatic heterocycles. The zero-order valence-electron chi connectivity index (χ0n) is 11.0. The number of aliphatic carboxylic acids is 1. The maximum atomic E-state index is 11.0. The average molecular weight is 264 g/mol. The van der Waals surface area contributed by atoms with Crippen LogP contribution < -0.4 is 0 Å². The third-order valence-corrected chi connectivity index (χ3v) is 4.17. The quantitative estimate of drug-likeness (QED) is 0.868. The van der Waals surface area contributed by atoms with E-state index in [0.717, 1.165) is 49.5 Å². The molecule has 2 aliphatic rings. The minimum Gasteiger partial charge on any atom is -0.481 e. The number of carbonyl (C=O) groups is 1. The molecule has 5 nitrogen and oxygen atoms in total. The van der Waals surface area contributed by atoms with Crippen LogP contribution in [0.5, 0.6) is 0 Å². The van der Waals surface area contributed by atoms with E-state index in [0.29, 0.717) is 18.9 Å². The molecule has 3 rings (SSSR count). The molecule has 2 unspecified atom stereocenters. The van der Waals surface area contributed by atoms with Crippen molar-refractivity contribution in [3.8, 4) is 0 Å². The normalized spacial score (nSPS) is 26.3. The van der Waals surface area contributed by atoms with Crippen LogP contribution in [0, 0.1) is 5.92 Å². The van der Waals surface area contributed by atoms with Gasteiger partial charge in [-0.1, -0.05) is 0 Å². The van der Waals surface area contributed by atoms with Crippen molar-refractivity contribution in [1.82, 2.24) is 9.97 Å². The average Bonchev–Trinajstić information content (AvgIpc) is 3.04. The third-order valence-electron chi connectivity index (χ3n) is 4.17. The molecular formula is C14H20N2O3. The number of rotatable bonds is 4. The number of carboxylic acid groups (broad SMARTS) is 1. The molecule has 19 heavy (non-hydrogen) atoms. The number of hydrogen-bond acceptors (Lipinski definition) is 3. The van der Waals surface area contributed by atoms with Gasteiger partial charge in [0.05, 0.1) is 17.7 Å². The SMILES string of the molecule is O=C(O)C1CCc2nc(CCC3CCCO3)[nH]c2C1. The van der Waals surface area contributed by atoms with Crippen molar-refractivity contribution in [2.75, 3.05) is 6.61 Å². The summed E-state index contributed by atoms with van der Waals surface area (Å²) in [5.41, 5.74) is 2.10. The standard InChI is InChI=1S/C14H20N2O3/c17-14(18)9-3-5-11-12(8-9)16-13(15-11)6-4-10-2-1-7-19-10/h9-10H,1-8H2,(H,15,16)(H,17,18). The van der Waals surface area contributed by atoms with Crippen LogP contribution >= 0.6 is 0 Å². The maximum Gasteiger partial charge on any atom is 0.306 e. The van der Waals surface area contributed by atoms with E-state index in [-0.39, 0.29) is 5.92 Å². The predicted molar refractivity (Wildman–Crippen MR) is 69.0 cm³/mol. The van der Waals surface area contributed by atoms with Crippen LogP contribution in [-0.2, 0) is 28.8 Å². The molecule has 0 amide bonds. The summed E-state index contributed by atoms with van der Waals surface area (Å²) in [4.78, 5) is 18.9. The van der Waals surface area contributed by atoms with Crippen molar-refractivity contribution in [2.45, 2.75) is 51.0 Å². The molecule has 5 heteroatoms. The van der Waals surface area contributed by atoms with Crippen LogP contribution in [0.25, 0.3) is 0 Å². The Morgan fingerprint density at radius 1 is 1.47 bits per heavy atom. The zero-order chi connectivity index (χ0) is 13.2. The van der Waals surface area contributed by atoms with Gasteiger partial charge in [-0.05, 0) is 32.1 Å². The van der Waals surface area contributed by atoms with E-state index >= 15 is 0 Å². The molecule has 0 bridgehead atoms. The summed E-state index contributed by atoms with van der Waals surface area (Å²) in [6.45, 7) is 0.889. The van der Waals surface area contributed by atoms with Gasteiger partial charge in [-0.3, -0.25) is 4.79 Å². The second-order valence-corrected chi connectivity index (χ2v) is 5.56. The first-order valence-corrected chi connectivity index (χ1v) is 7.13. The molecule has 1 aromatic heterocycles. The number of aromatic nitrogens is 2. The van der Waals surface area contributed by atoms with E-state index in [9.17, 15) is 4.79 Å². The highest BCUT2D eigenvalue weighted by atomic mass is 16.5. The van der Waals surface area contributed by atoms with Crippen molar-refractivity contribution in [1.29, 1.82) is 0 Å². The highest BCUT2D eigenvalue weighted by molar-refractivity contribution is 5.70. The number of nitrogens with one attached hydrogen (secondary N) is 1. The van der Waals surface area contributed by atoms with Crippen LogP contribution in [0.15, 0.2) is 0 Å². The number of nitrogens with zero attached hydrogens (tertiary/aromatic N) is 1. The van der Waals surface area contributed by atoms with E-state index in [1.807, 2.05) is 0 Å². The fourth-order valence-corrected chi connectivity index (χ4v) is 3.04. The van der Waals surface area contributed by atoms with Gasteiger partial charge in [0.15, 0.2) is 0 Å². The van der Waals surface area contributed by atoms with Gasteiger partial charge in [-0.25, -0.2) is 4.98 Å². The van der Waals surface area contributed by atoms with E-state index in [1.165, 1.54) is 6.42 Å². The van der Waals surface area contributed by atoms with Gasteiger partial charge in [-0.15, -0.1) is 0 Å². The Kier molecular flexibility index (Phi) is 3.55. The summed E-state index contributed by atoms with van der Waals surface area (Å²) in [7, 11) is 0. The van der Waals surface area contributed by atoms with Crippen LogP contribution in [0.2, 0.25) is 0 Å². The zero-order valence-corrected chi connectivity index (χ0v) is 11.0. The molecule has 2 atom stereocenters. The summed E-state index contributed by atoms with van der Waals surface area (Å²) in [5.74, 6) is 0.0478. The Balaban J connectivity index is 1.61. The molecule has 1 aromatic rings. The number of hydrogen-bond donors (Lipinski definition) is 2. The molecule has 104 valence electrons. The van der Waals surface area contributed by atoms with Gasteiger partial charge in [0.25, 0.3) is 0 Å². The van der Waals surface area contributed by atoms with Gasteiger partial charge in [0.1, 0.15) is 5.82 Å². The van der Waals surface area contributed by atoms with Gasteiger partial charge in [0.2, 0.25) is 0 Å². The number of aromatic amines is 1. The fraction of sp³-hybridized carbons (Fsp3) is 0.714. The summed E-state index contributed by atoms with van der Waals surface area (Å²) in [6, 6.07) is 0. The Hall–Kier alpha value is -1.36. The highest BCUT2D eigenvalue weighted by Gasteiger charge is 2.27. The van der Waals surface area contributed by atoms with E-state index in [4.69, 9.17) is 9.84 Å². The minimum atomic E-state index is -0.693. The van der Waals surface area contributed by atoms with Crippen LogP contribution in [0.4, 0.5) is 0 Å². The molecule has 1 saturated heterocycles. The lowest BCUT2D eigenvalue weighted by atomic mass is 9.90. The molecule has 0 aromatic carbocycles. The first-order valence-electron chi connectivity index (χ1n) is 7.13. The van der Waals surface area contributed by atoms with Crippen molar-refractivity contribution < 1.29 is 14.6 Å². The monoisotopic (exact) mass is 264 g/mol. The molecule has 2 N–H and O–H groups in total. The predicted octanol–water partition coefficient (Wildman–Crippen LogP) is 1.71. The molecule has 0 saturated carbocycles. The molecular weight excluding hydrogens is 244 g/mol. The molecule has 0 spiro atoms. The lowest BCUT2D eigenvalue weighted by Crippen LogP contribution is -2.22. The first-order chi connectivity index (χ1) is 9.22. The molecule has 0 radical (unpaired) electrons. The molecule has 1 fully saturated rings. The van der Waals surface area contributed by atoms with Gasteiger partial charge < -0.3 is 14.8 Å². The Labute approximate surface area is 112 Å². The van der Waals surface area contributed by atoms with Crippen LogP contribution in [0.3, 0.4) is 0 Å². The van der Waals surface area contributed by atoms with E-state index in [2.05, 4.69) is 9.97 Å². The number of aryl methyl sites for hydroxylation is 2. The number of H-pyrrole nitrogens is 1. The van der Waals surface area contributed by atoms with Crippen molar-refractivity contribution in [3.63, 3.8) is 0 Å². The largest absolute Gasteiger partial charge is 0.481 e. The summed E-state index contributed by atoms with van der Waals surface area (Å²) in [6.07, 6.45) is 6.69. The summed E-state index contributed by atoms with van der Waals surface area (Å²) >= 11 is 0. The Morgan fingerprint density at radius 3 is 3.11 bits per heavy atom.